The maximum atomic E-state index is 12.7. The van der Waals surface area contributed by atoms with E-state index in [4.69, 9.17) is 11.6 Å². The normalized spacial score (nSPS) is 17.1. The Labute approximate surface area is 194 Å². The van der Waals surface area contributed by atoms with E-state index in [1.165, 1.54) is 16.4 Å². The van der Waals surface area contributed by atoms with E-state index in [0.717, 1.165) is 11.8 Å². The molecule has 1 amide bonds. The molecule has 1 N–H and O–H groups in total. The number of carbonyl (C=O) groups is 1. The lowest BCUT2D eigenvalue weighted by Gasteiger charge is -2.31. The molecule has 1 fully saturated rings. The third kappa shape index (κ3) is 6.31. The highest BCUT2D eigenvalue weighted by molar-refractivity contribution is 7.90. The molecule has 0 aromatic heterocycles. The third-order valence-electron chi connectivity index (χ3n) is 5.62. The zero-order valence-corrected chi connectivity index (χ0v) is 20.4. The molecule has 2 aromatic carbocycles. The van der Waals surface area contributed by atoms with Gasteiger partial charge in [-0.2, -0.15) is 0 Å². The van der Waals surface area contributed by atoms with E-state index in [0.29, 0.717) is 36.5 Å². The van der Waals surface area contributed by atoms with Gasteiger partial charge in [-0.05, 0) is 55.2 Å². The topological polar surface area (TPSA) is 101 Å². The van der Waals surface area contributed by atoms with Crippen molar-refractivity contribution < 1.29 is 21.6 Å². The number of hydrogen-bond donors (Lipinski definition) is 1. The van der Waals surface area contributed by atoms with Gasteiger partial charge in [-0.3, -0.25) is 4.79 Å². The van der Waals surface area contributed by atoms with Gasteiger partial charge in [-0.15, -0.1) is 0 Å². The molecule has 7 nitrogen and oxygen atoms in total. The Morgan fingerprint density at radius 3 is 2.28 bits per heavy atom. The summed E-state index contributed by atoms with van der Waals surface area (Å²) < 4.78 is 50.1. The first-order valence-electron chi connectivity index (χ1n) is 10.3. The Hall–Kier alpha value is -1.94. The molecule has 1 aliphatic heterocycles. The van der Waals surface area contributed by atoms with Gasteiger partial charge in [0.15, 0.2) is 9.84 Å². The summed E-state index contributed by atoms with van der Waals surface area (Å²) >= 11 is 5.95. The number of sulfonamides is 1. The Morgan fingerprint density at radius 1 is 1.09 bits per heavy atom. The molecule has 0 saturated carbocycles. The van der Waals surface area contributed by atoms with Crippen molar-refractivity contribution in [3.63, 3.8) is 0 Å². The van der Waals surface area contributed by atoms with Crippen LogP contribution in [0.4, 0.5) is 0 Å². The van der Waals surface area contributed by atoms with E-state index in [9.17, 15) is 21.6 Å². The van der Waals surface area contributed by atoms with Crippen molar-refractivity contribution >= 4 is 37.4 Å². The van der Waals surface area contributed by atoms with Crippen LogP contribution in [0.3, 0.4) is 0 Å². The molecule has 0 spiro atoms. The van der Waals surface area contributed by atoms with Crippen LogP contribution < -0.4 is 5.32 Å². The zero-order valence-electron chi connectivity index (χ0n) is 18.0. The van der Waals surface area contributed by atoms with Crippen molar-refractivity contribution in [2.45, 2.75) is 36.5 Å². The molecule has 32 heavy (non-hydrogen) atoms. The molecular formula is C22H27ClN2O5S2. The number of piperidine rings is 1. The van der Waals surface area contributed by atoms with Crippen molar-refractivity contribution in [2.75, 3.05) is 19.3 Å². The molecule has 0 bridgehead atoms. The van der Waals surface area contributed by atoms with Crippen LogP contribution in [0.2, 0.25) is 5.02 Å². The smallest absolute Gasteiger partial charge is 0.223 e. The summed E-state index contributed by atoms with van der Waals surface area (Å²) in [6, 6.07) is 12.9. The Kier molecular flexibility index (Phi) is 7.65. The monoisotopic (exact) mass is 498 g/mol. The highest BCUT2D eigenvalue weighted by Gasteiger charge is 2.31. The van der Waals surface area contributed by atoms with E-state index in [-0.39, 0.29) is 28.5 Å². The number of benzene rings is 2. The largest absolute Gasteiger partial charge is 0.349 e. The van der Waals surface area contributed by atoms with Crippen molar-refractivity contribution in [2.24, 2.45) is 5.92 Å². The highest BCUT2D eigenvalue weighted by atomic mass is 35.5. The van der Waals surface area contributed by atoms with E-state index in [1.54, 1.807) is 36.4 Å². The SMILES string of the molecule is CC(NC(=O)C1CCN(S(=O)(=O)Cc2cccc(Cl)c2)CC1)c1ccc(S(C)(=O)=O)cc1. The second-order valence-electron chi connectivity index (χ2n) is 8.13. The van der Waals surface area contributed by atoms with Gasteiger partial charge in [-0.25, -0.2) is 21.1 Å². The van der Waals surface area contributed by atoms with E-state index in [1.807, 2.05) is 6.92 Å². The second-order valence-corrected chi connectivity index (χ2v) is 12.6. The van der Waals surface area contributed by atoms with Gasteiger partial charge >= 0.3 is 0 Å². The Bertz CT molecular complexity index is 1170. The predicted molar refractivity (Wildman–Crippen MR) is 124 cm³/mol. The molecule has 1 unspecified atom stereocenters. The molecule has 0 radical (unpaired) electrons. The molecule has 174 valence electrons. The fourth-order valence-electron chi connectivity index (χ4n) is 3.74. The number of rotatable bonds is 7. The van der Waals surface area contributed by atoms with Gasteiger partial charge in [0.1, 0.15) is 0 Å². The summed E-state index contributed by atoms with van der Waals surface area (Å²) in [5.41, 5.74) is 1.43. The fraction of sp³-hybridized carbons (Fsp3) is 0.409. The average molecular weight is 499 g/mol. The quantitative estimate of drug-likeness (QED) is 0.632. The lowest BCUT2D eigenvalue weighted by Crippen LogP contribution is -2.43. The summed E-state index contributed by atoms with van der Waals surface area (Å²) in [6.07, 6.45) is 2.04. The standard InChI is InChI=1S/C22H27ClN2O5S2/c1-16(18-6-8-21(9-7-18)31(2,27)28)24-22(26)19-10-12-25(13-11-19)32(29,30)15-17-4-3-5-20(23)14-17/h3-9,14,16,19H,10-13,15H2,1-2H3,(H,24,26). The fourth-order valence-corrected chi connectivity index (χ4v) is 6.14. The number of halogens is 1. The van der Waals surface area contributed by atoms with Gasteiger partial charge in [-0.1, -0.05) is 35.9 Å². The van der Waals surface area contributed by atoms with Crippen LogP contribution in [0.15, 0.2) is 53.4 Å². The molecule has 1 heterocycles. The average Bonchev–Trinajstić information content (AvgIpc) is 2.73. The van der Waals surface area contributed by atoms with Crippen LogP contribution >= 0.6 is 11.6 Å². The molecule has 1 aliphatic rings. The van der Waals surface area contributed by atoms with Crippen molar-refractivity contribution in [1.82, 2.24) is 9.62 Å². The van der Waals surface area contributed by atoms with Crippen LogP contribution in [0.5, 0.6) is 0 Å². The number of nitrogens with one attached hydrogen (secondary N) is 1. The van der Waals surface area contributed by atoms with Crippen LogP contribution in [0, 0.1) is 5.92 Å². The van der Waals surface area contributed by atoms with E-state index in [2.05, 4.69) is 5.32 Å². The zero-order chi connectivity index (χ0) is 23.5. The summed E-state index contributed by atoms with van der Waals surface area (Å²) in [4.78, 5) is 12.9. The maximum Gasteiger partial charge on any atom is 0.223 e. The van der Waals surface area contributed by atoms with Crippen LogP contribution in [0.1, 0.15) is 36.9 Å². The predicted octanol–water partition coefficient (Wildman–Crippen LogP) is 3.16. The highest BCUT2D eigenvalue weighted by Crippen LogP contribution is 2.24. The van der Waals surface area contributed by atoms with Gasteiger partial charge in [0.25, 0.3) is 0 Å². The molecule has 0 aliphatic carbocycles. The first-order valence-corrected chi connectivity index (χ1v) is 14.2. The number of sulfone groups is 1. The van der Waals surface area contributed by atoms with Gasteiger partial charge < -0.3 is 5.32 Å². The molecule has 1 atom stereocenters. The lowest BCUT2D eigenvalue weighted by atomic mass is 9.96. The first-order chi connectivity index (χ1) is 15.0. The molecule has 2 aromatic rings. The van der Waals surface area contributed by atoms with Crippen LogP contribution in [0.25, 0.3) is 0 Å². The minimum Gasteiger partial charge on any atom is -0.349 e. The minimum atomic E-state index is -3.49. The van der Waals surface area contributed by atoms with E-state index < -0.39 is 19.9 Å². The van der Waals surface area contributed by atoms with Crippen LogP contribution in [-0.4, -0.2) is 46.4 Å². The number of nitrogens with zero attached hydrogens (tertiary/aromatic N) is 1. The van der Waals surface area contributed by atoms with E-state index >= 15 is 0 Å². The minimum absolute atomic E-state index is 0.120. The summed E-state index contributed by atoms with van der Waals surface area (Å²) in [7, 11) is -6.76. The Morgan fingerprint density at radius 2 is 1.72 bits per heavy atom. The van der Waals surface area contributed by atoms with Gasteiger partial charge in [0, 0.05) is 30.3 Å². The van der Waals surface area contributed by atoms with Crippen LogP contribution in [-0.2, 0) is 30.4 Å². The van der Waals surface area contributed by atoms with Crippen molar-refractivity contribution in [3.05, 3.63) is 64.7 Å². The molecule has 3 rings (SSSR count). The first kappa shape index (κ1) is 24.7. The summed E-state index contributed by atoms with van der Waals surface area (Å²) in [5, 5.41) is 3.45. The summed E-state index contributed by atoms with van der Waals surface area (Å²) in [5.74, 6) is -0.521. The second kappa shape index (κ2) is 9.91. The number of hydrogen-bond acceptors (Lipinski definition) is 5. The van der Waals surface area contributed by atoms with Crippen molar-refractivity contribution in [3.8, 4) is 0 Å². The number of amides is 1. The third-order valence-corrected chi connectivity index (χ3v) is 8.84. The van der Waals surface area contributed by atoms with Crippen molar-refractivity contribution in [1.29, 1.82) is 0 Å². The molecule has 10 heteroatoms. The van der Waals surface area contributed by atoms with Gasteiger partial charge in [0.05, 0.1) is 16.7 Å². The maximum absolute atomic E-state index is 12.7. The molecule has 1 saturated heterocycles. The van der Waals surface area contributed by atoms with Gasteiger partial charge in [0.2, 0.25) is 15.9 Å². The number of carbonyl (C=O) groups excluding carboxylic acids is 1. The lowest BCUT2D eigenvalue weighted by molar-refractivity contribution is -0.126. The Balaban J connectivity index is 1.54. The molecular weight excluding hydrogens is 472 g/mol. The summed E-state index contributed by atoms with van der Waals surface area (Å²) in [6.45, 7) is 2.41.